The maximum atomic E-state index is 12.6. The van der Waals surface area contributed by atoms with Crippen molar-refractivity contribution in [2.75, 3.05) is 16.0 Å². The lowest BCUT2D eigenvalue weighted by Crippen LogP contribution is -2.19. The summed E-state index contributed by atoms with van der Waals surface area (Å²) in [4.78, 5) is 29.5. The van der Waals surface area contributed by atoms with E-state index in [2.05, 4.69) is 20.9 Å². The molecule has 2 aromatic carbocycles. The number of nitrogens with one attached hydrogen (secondary N) is 3. The monoisotopic (exact) mass is 414 g/mol. The van der Waals surface area contributed by atoms with Gasteiger partial charge in [0.05, 0.1) is 5.69 Å². The van der Waals surface area contributed by atoms with Crippen LogP contribution in [0.1, 0.15) is 26.5 Å². The summed E-state index contributed by atoms with van der Waals surface area (Å²) in [6, 6.07) is 12.4. The number of halogens is 1. The maximum Gasteiger partial charge on any atom is 0.325 e. The van der Waals surface area contributed by atoms with Crippen molar-refractivity contribution in [2.24, 2.45) is 0 Å². The van der Waals surface area contributed by atoms with Gasteiger partial charge in [0.25, 0.3) is 5.91 Å². The van der Waals surface area contributed by atoms with Crippen molar-refractivity contribution in [3.63, 3.8) is 0 Å². The van der Waals surface area contributed by atoms with Crippen molar-refractivity contribution >= 4 is 51.4 Å². The predicted octanol–water partition coefficient (Wildman–Crippen LogP) is 5.62. The minimum Gasteiger partial charge on any atom is -0.321 e. The van der Waals surface area contributed by atoms with Crippen LogP contribution in [0.15, 0.2) is 42.5 Å². The summed E-state index contributed by atoms with van der Waals surface area (Å²) in [6.07, 6.45) is 0. The number of aromatic nitrogens is 1. The van der Waals surface area contributed by atoms with Gasteiger partial charge in [0, 0.05) is 16.4 Å². The zero-order valence-corrected chi connectivity index (χ0v) is 17.2. The summed E-state index contributed by atoms with van der Waals surface area (Å²) in [5, 5.41) is 9.17. The Morgan fingerprint density at radius 1 is 1.00 bits per heavy atom. The van der Waals surface area contributed by atoms with Crippen molar-refractivity contribution in [2.45, 2.75) is 20.8 Å². The van der Waals surface area contributed by atoms with Gasteiger partial charge < -0.3 is 10.6 Å². The second kappa shape index (κ2) is 8.41. The highest BCUT2D eigenvalue weighted by Gasteiger charge is 2.18. The summed E-state index contributed by atoms with van der Waals surface area (Å²) < 4.78 is 0. The molecule has 0 fully saturated rings. The Balaban J connectivity index is 1.69. The van der Waals surface area contributed by atoms with E-state index in [1.165, 1.54) is 0 Å². The van der Waals surface area contributed by atoms with E-state index in [1.807, 2.05) is 32.0 Å². The molecule has 1 aromatic heterocycles. The maximum absolute atomic E-state index is 12.6. The number of anilines is 3. The third-order valence-electron chi connectivity index (χ3n) is 4.02. The van der Waals surface area contributed by atoms with Gasteiger partial charge in [-0.3, -0.25) is 10.1 Å². The third kappa shape index (κ3) is 4.68. The van der Waals surface area contributed by atoms with Gasteiger partial charge in [-0.2, -0.15) is 0 Å². The lowest BCUT2D eigenvalue weighted by atomic mass is 10.2. The van der Waals surface area contributed by atoms with Crippen molar-refractivity contribution in [3.05, 3.63) is 69.2 Å². The zero-order chi connectivity index (χ0) is 20.3. The summed E-state index contributed by atoms with van der Waals surface area (Å²) in [5.74, 6) is -0.299. The minimum atomic E-state index is -0.419. The average molecular weight is 415 g/mol. The summed E-state index contributed by atoms with van der Waals surface area (Å²) in [5.41, 5.74) is 3.68. The first-order valence-corrected chi connectivity index (χ1v) is 9.71. The molecule has 0 aliphatic rings. The van der Waals surface area contributed by atoms with E-state index in [4.69, 9.17) is 11.6 Å². The number of hydrogen-bond donors (Lipinski definition) is 3. The number of hydrogen-bond acceptors (Lipinski definition) is 4. The molecule has 3 amide bonds. The smallest absolute Gasteiger partial charge is 0.321 e. The van der Waals surface area contributed by atoms with Gasteiger partial charge in [-0.25, -0.2) is 9.78 Å². The standard InChI is InChI=1S/C20H19ClN4O2S/c1-11-6-4-7-14(10-11)23-19(27)25-20-22-13(3)17(28-20)18(26)24-16-9-5-8-15(21)12(16)2/h4-10H,1-3H3,(H,24,26)(H2,22,23,25,27). The molecule has 0 atom stereocenters. The van der Waals surface area contributed by atoms with Crippen LogP contribution in [0.2, 0.25) is 5.02 Å². The number of nitrogens with zero attached hydrogens (tertiary/aromatic N) is 1. The van der Waals surface area contributed by atoms with Crippen LogP contribution in [0.4, 0.5) is 21.3 Å². The Morgan fingerprint density at radius 2 is 1.75 bits per heavy atom. The Morgan fingerprint density at radius 3 is 2.50 bits per heavy atom. The zero-order valence-electron chi connectivity index (χ0n) is 15.6. The Hall–Kier alpha value is -2.90. The van der Waals surface area contributed by atoms with Crippen molar-refractivity contribution in [1.29, 1.82) is 0 Å². The number of aryl methyl sites for hydroxylation is 2. The number of amides is 3. The molecule has 3 rings (SSSR count). The van der Waals surface area contributed by atoms with Crippen LogP contribution in [0, 0.1) is 20.8 Å². The van der Waals surface area contributed by atoms with E-state index in [9.17, 15) is 9.59 Å². The first kappa shape index (κ1) is 19.9. The molecule has 3 N–H and O–H groups in total. The number of thiazole rings is 1. The van der Waals surface area contributed by atoms with Gasteiger partial charge in [0.2, 0.25) is 0 Å². The fourth-order valence-electron chi connectivity index (χ4n) is 2.56. The molecule has 0 unspecified atom stereocenters. The number of urea groups is 1. The summed E-state index contributed by atoms with van der Waals surface area (Å²) in [7, 11) is 0. The number of carbonyl (C=O) groups excluding carboxylic acids is 2. The van der Waals surface area contributed by atoms with Crippen LogP contribution in [0.3, 0.4) is 0 Å². The van der Waals surface area contributed by atoms with Crippen LogP contribution in [-0.4, -0.2) is 16.9 Å². The van der Waals surface area contributed by atoms with E-state index < -0.39 is 6.03 Å². The molecule has 6 nitrogen and oxygen atoms in total. The molecule has 0 aliphatic heterocycles. The number of rotatable bonds is 4. The largest absolute Gasteiger partial charge is 0.325 e. The molecule has 0 bridgehead atoms. The minimum absolute atomic E-state index is 0.299. The lowest BCUT2D eigenvalue weighted by molar-refractivity contribution is 0.102. The normalized spacial score (nSPS) is 10.4. The molecule has 0 aliphatic carbocycles. The first-order chi connectivity index (χ1) is 13.3. The van der Waals surface area contributed by atoms with Crippen LogP contribution in [0.5, 0.6) is 0 Å². The highest BCUT2D eigenvalue weighted by molar-refractivity contribution is 7.17. The van der Waals surface area contributed by atoms with Crippen LogP contribution >= 0.6 is 22.9 Å². The van der Waals surface area contributed by atoms with E-state index in [0.29, 0.717) is 32.1 Å². The second-order valence-electron chi connectivity index (χ2n) is 6.25. The second-order valence-corrected chi connectivity index (χ2v) is 7.65. The lowest BCUT2D eigenvalue weighted by Gasteiger charge is -2.08. The average Bonchev–Trinajstić information content (AvgIpc) is 2.99. The predicted molar refractivity (Wildman–Crippen MR) is 115 cm³/mol. The first-order valence-electron chi connectivity index (χ1n) is 8.52. The molecule has 0 spiro atoms. The quantitative estimate of drug-likeness (QED) is 0.518. The van der Waals surface area contributed by atoms with Gasteiger partial charge in [-0.1, -0.05) is 41.1 Å². The van der Waals surface area contributed by atoms with Crippen molar-refractivity contribution in [1.82, 2.24) is 4.98 Å². The van der Waals surface area contributed by atoms with Gasteiger partial charge in [0.15, 0.2) is 5.13 Å². The summed E-state index contributed by atoms with van der Waals surface area (Å²) in [6.45, 7) is 5.50. The fraction of sp³-hybridized carbons (Fsp3) is 0.150. The summed E-state index contributed by atoms with van der Waals surface area (Å²) >= 11 is 7.21. The molecule has 0 radical (unpaired) electrons. The van der Waals surface area contributed by atoms with Crippen LogP contribution in [0.25, 0.3) is 0 Å². The van der Waals surface area contributed by atoms with Gasteiger partial charge in [-0.05, 0) is 56.2 Å². The Kier molecular flexibility index (Phi) is 5.96. The van der Waals surface area contributed by atoms with Gasteiger partial charge in [0.1, 0.15) is 4.88 Å². The van der Waals surface area contributed by atoms with E-state index in [-0.39, 0.29) is 5.91 Å². The Bertz CT molecular complexity index is 1050. The highest BCUT2D eigenvalue weighted by Crippen LogP contribution is 2.27. The number of benzene rings is 2. The molecule has 144 valence electrons. The molecular formula is C20H19ClN4O2S. The van der Waals surface area contributed by atoms with Gasteiger partial charge >= 0.3 is 6.03 Å². The van der Waals surface area contributed by atoms with Gasteiger partial charge in [-0.15, -0.1) is 0 Å². The third-order valence-corrected chi connectivity index (χ3v) is 5.50. The molecule has 28 heavy (non-hydrogen) atoms. The number of carbonyl (C=O) groups is 2. The molecular weight excluding hydrogens is 396 g/mol. The fourth-order valence-corrected chi connectivity index (χ4v) is 3.60. The van der Waals surface area contributed by atoms with Crippen LogP contribution in [-0.2, 0) is 0 Å². The van der Waals surface area contributed by atoms with E-state index >= 15 is 0 Å². The van der Waals surface area contributed by atoms with E-state index in [1.54, 1.807) is 31.2 Å². The Labute approximate surface area is 172 Å². The highest BCUT2D eigenvalue weighted by atomic mass is 35.5. The SMILES string of the molecule is Cc1cccc(NC(=O)Nc2nc(C)c(C(=O)Nc3cccc(Cl)c3C)s2)c1. The van der Waals surface area contributed by atoms with Crippen molar-refractivity contribution < 1.29 is 9.59 Å². The van der Waals surface area contributed by atoms with Crippen LogP contribution < -0.4 is 16.0 Å². The molecule has 8 heteroatoms. The van der Waals surface area contributed by atoms with Crippen molar-refractivity contribution in [3.8, 4) is 0 Å². The molecule has 1 heterocycles. The molecule has 3 aromatic rings. The molecule has 0 saturated carbocycles. The molecule has 0 saturated heterocycles. The topological polar surface area (TPSA) is 83.1 Å². The van der Waals surface area contributed by atoms with E-state index in [0.717, 1.165) is 22.5 Å².